The van der Waals surface area contributed by atoms with Gasteiger partial charge >= 0.3 is 11.9 Å². The summed E-state index contributed by atoms with van der Waals surface area (Å²) in [5, 5.41) is 0. The third-order valence-corrected chi connectivity index (χ3v) is 9.08. The van der Waals surface area contributed by atoms with Gasteiger partial charge in [0.1, 0.15) is 17.8 Å². The van der Waals surface area contributed by atoms with E-state index >= 15 is 0 Å². The van der Waals surface area contributed by atoms with E-state index in [1.165, 1.54) is 6.92 Å². The minimum absolute atomic E-state index is 0.0500. The lowest BCUT2D eigenvalue weighted by molar-refractivity contribution is -0.273. The number of Topliss-reactive ketones (excluding diaryl/α,β-unsaturated/α-hetero) is 1. The number of carbonyl (C=O) groups excluding carboxylic acids is 3. The van der Waals surface area contributed by atoms with Crippen molar-refractivity contribution in [3.63, 3.8) is 0 Å². The van der Waals surface area contributed by atoms with Crippen LogP contribution in [0.15, 0.2) is 24.3 Å². The molecule has 0 N–H and O–H groups in total. The zero-order valence-electron chi connectivity index (χ0n) is 21.4. The van der Waals surface area contributed by atoms with Crippen LogP contribution in [0.5, 0.6) is 0 Å². The Kier molecular flexibility index (Phi) is 6.51. The third-order valence-electron chi connectivity index (χ3n) is 9.08. The van der Waals surface area contributed by atoms with E-state index < -0.39 is 34.2 Å². The highest BCUT2D eigenvalue weighted by atomic mass is 16.6. The molecule has 1 saturated heterocycles. The number of carbonyl (C=O) groups is 3. The Morgan fingerprint density at radius 1 is 1.06 bits per heavy atom. The fourth-order valence-electron chi connectivity index (χ4n) is 6.87. The van der Waals surface area contributed by atoms with E-state index in [0.717, 1.165) is 12.8 Å². The maximum absolute atomic E-state index is 13.7. The van der Waals surface area contributed by atoms with Crippen molar-refractivity contribution in [2.75, 3.05) is 0 Å². The molecule has 3 fully saturated rings. The molecular weight excluding hydrogens is 420 g/mol. The average Bonchev–Trinajstić information content (AvgIpc) is 2.72. The van der Waals surface area contributed by atoms with Crippen molar-refractivity contribution in [2.45, 2.75) is 104 Å². The molecule has 184 valence electrons. The van der Waals surface area contributed by atoms with Gasteiger partial charge in [0.05, 0.1) is 5.60 Å². The first-order valence-corrected chi connectivity index (χ1v) is 12.0. The topological polar surface area (TPSA) is 78.9 Å². The van der Waals surface area contributed by atoms with Crippen molar-refractivity contribution in [3.05, 3.63) is 24.3 Å². The Bertz CT molecular complexity index is 887. The lowest BCUT2D eigenvalue weighted by Gasteiger charge is -2.66. The van der Waals surface area contributed by atoms with E-state index in [9.17, 15) is 14.4 Å². The van der Waals surface area contributed by atoms with E-state index in [2.05, 4.69) is 27.4 Å². The maximum atomic E-state index is 13.7. The largest absolute Gasteiger partial charge is 0.462 e. The van der Waals surface area contributed by atoms with E-state index in [-0.39, 0.29) is 36.0 Å². The third kappa shape index (κ3) is 3.98. The Labute approximate surface area is 198 Å². The van der Waals surface area contributed by atoms with E-state index in [0.29, 0.717) is 12.0 Å². The van der Waals surface area contributed by atoms with Crippen LogP contribution in [-0.4, -0.2) is 41.1 Å². The molecule has 0 aromatic heterocycles. The van der Waals surface area contributed by atoms with Gasteiger partial charge in [-0.1, -0.05) is 32.9 Å². The molecule has 0 aromatic carbocycles. The van der Waals surface area contributed by atoms with Crippen LogP contribution in [-0.2, 0) is 28.6 Å². The van der Waals surface area contributed by atoms with Gasteiger partial charge in [0.2, 0.25) is 0 Å². The first kappa shape index (κ1) is 25.7. The van der Waals surface area contributed by atoms with Crippen molar-refractivity contribution < 1.29 is 28.6 Å². The summed E-state index contributed by atoms with van der Waals surface area (Å²) in [4.78, 5) is 38.5. The van der Waals surface area contributed by atoms with Crippen LogP contribution in [0.25, 0.3) is 0 Å². The number of hydrogen-bond donors (Lipinski definition) is 0. The van der Waals surface area contributed by atoms with Crippen LogP contribution in [0.3, 0.4) is 0 Å². The number of allylic oxidation sites excluding steroid dienone is 1. The zero-order valence-corrected chi connectivity index (χ0v) is 21.4. The zero-order chi connectivity index (χ0) is 25.0. The molecule has 33 heavy (non-hydrogen) atoms. The molecule has 0 bridgehead atoms. The Balaban J connectivity index is 2.13. The molecule has 0 amide bonds. The molecule has 0 radical (unpaired) electrons. The lowest BCUT2D eigenvalue weighted by Crippen LogP contribution is -2.72. The standard InChI is InChI=1S/C27H40O6/c1-10-16(3)23(30)32-22-15-21(31-17(4)28)24(5,6)19-14-20(29)27(9)18(26(19,22)8)12-13-25(7,11-2)33-27/h10-11,18-19,21-22H,2,12-15H2,1,3-9H3. The summed E-state index contributed by atoms with van der Waals surface area (Å²) in [6.45, 7) is 19.0. The van der Waals surface area contributed by atoms with Crippen molar-refractivity contribution in [3.8, 4) is 0 Å². The lowest BCUT2D eigenvalue weighted by atomic mass is 9.42. The van der Waals surface area contributed by atoms with Gasteiger partial charge in [-0.2, -0.15) is 0 Å². The first-order chi connectivity index (χ1) is 15.2. The van der Waals surface area contributed by atoms with Gasteiger partial charge in [0, 0.05) is 42.1 Å². The number of fused-ring (bicyclic) bond motifs is 3. The van der Waals surface area contributed by atoms with Crippen LogP contribution in [0.4, 0.5) is 0 Å². The second kappa shape index (κ2) is 8.37. The predicted octanol–water partition coefficient (Wildman–Crippen LogP) is 4.95. The average molecular weight is 461 g/mol. The van der Waals surface area contributed by atoms with Gasteiger partial charge in [-0.25, -0.2) is 4.79 Å². The second-order valence-corrected chi connectivity index (χ2v) is 11.4. The fourth-order valence-corrected chi connectivity index (χ4v) is 6.87. The summed E-state index contributed by atoms with van der Waals surface area (Å²) < 4.78 is 18.4. The van der Waals surface area contributed by atoms with Crippen molar-refractivity contribution >= 4 is 17.7 Å². The SMILES string of the molecule is C=CC1(C)CCC2C(C)(O1)C(=O)CC1C(C)(C)C(OC(C)=O)CC(OC(=O)C(C)=CC)C21C. The molecule has 3 aliphatic rings. The molecule has 0 aromatic rings. The molecule has 2 saturated carbocycles. The van der Waals surface area contributed by atoms with Gasteiger partial charge in [0.15, 0.2) is 5.78 Å². The number of rotatable bonds is 4. The van der Waals surface area contributed by atoms with Gasteiger partial charge < -0.3 is 14.2 Å². The van der Waals surface area contributed by atoms with Crippen LogP contribution in [0.2, 0.25) is 0 Å². The molecule has 3 rings (SSSR count). The van der Waals surface area contributed by atoms with E-state index in [1.54, 1.807) is 26.0 Å². The fraction of sp³-hybridized carbons (Fsp3) is 0.741. The normalized spacial score (nSPS) is 42.5. The summed E-state index contributed by atoms with van der Waals surface area (Å²) >= 11 is 0. The van der Waals surface area contributed by atoms with Gasteiger partial charge in [-0.05, 0) is 46.5 Å². The van der Waals surface area contributed by atoms with E-state index in [4.69, 9.17) is 14.2 Å². The van der Waals surface area contributed by atoms with Crippen LogP contribution in [0.1, 0.15) is 81.1 Å². The molecule has 2 aliphatic carbocycles. The summed E-state index contributed by atoms with van der Waals surface area (Å²) in [5.74, 6) is -0.996. The number of ether oxygens (including phenoxy) is 3. The van der Waals surface area contributed by atoms with Crippen LogP contribution in [0, 0.1) is 22.7 Å². The molecule has 1 heterocycles. The van der Waals surface area contributed by atoms with Gasteiger partial charge in [-0.15, -0.1) is 6.58 Å². The van der Waals surface area contributed by atoms with Crippen molar-refractivity contribution in [1.29, 1.82) is 0 Å². The summed E-state index contributed by atoms with van der Waals surface area (Å²) in [5.41, 5.74) is -2.07. The maximum Gasteiger partial charge on any atom is 0.333 e. The minimum Gasteiger partial charge on any atom is -0.462 e. The molecule has 0 spiro atoms. The quantitative estimate of drug-likeness (QED) is 0.335. The second-order valence-electron chi connectivity index (χ2n) is 11.4. The number of ketones is 1. The molecule has 1 aliphatic heterocycles. The smallest absolute Gasteiger partial charge is 0.333 e. The molecule has 6 heteroatoms. The highest BCUT2D eigenvalue weighted by molar-refractivity contribution is 5.90. The first-order valence-electron chi connectivity index (χ1n) is 12.0. The minimum atomic E-state index is -1.00. The summed E-state index contributed by atoms with van der Waals surface area (Å²) in [6, 6.07) is 0. The molecular formula is C27H40O6. The van der Waals surface area contributed by atoms with Crippen LogP contribution >= 0.6 is 0 Å². The predicted molar refractivity (Wildman–Crippen MR) is 125 cm³/mol. The Hall–Kier alpha value is -1.95. The van der Waals surface area contributed by atoms with Crippen molar-refractivity contribution in [1.82, 2.24) is 0 Å². The van der Waals surface area contributed by atoms with Crippen molar-refractivity contribution in [2.24, 2.45) is 22.7 Å². The summed E-state index contributed by atoms with van der Waals surface area (Å²) in [7, 11) is 0. The Morgan fingerprint density at radius 2 is 1.70 bits per heavy atom. The summed E-state index contributed by atoms with van der Waals surface area (Å²) in [6.07, 6.45) is 4.68. The number of esters is 2. The highest BCUT2D eigenvalue weighted by Crippen LogP contribution is 2.65. The highest BCUT2D eigenvalue weighted by Gasteiger charge is 2.70. The molecule has 6 nitrogen and oxygen atoms in total. The Morgan fingerprint density at radius 3 is 2.24 bits per heavy atom. The van der Waals surface area contributed by atoms with E-state index in [1.807, 2.05) is 13.8 Å². The molecule has 7 atom stereocenters. The number of hydrogen-bond acceptors (Lipinski definition) is 6. The van der Waals surface area contributed by atoms with Crippen LogP contribution < -0.4 is 0 Å². The monoisotopic (exact) mass is 460 g/mol. The van der Waals surface area contributed by atoms with Gasteiger partial charge in [0.25, 0.3) is 0 Å². The van der Waals surface area contributed by atoms with Gasteiger partial charge in [-0.3, -0.25) is 9.59 Å². The molecule has 7 unspecified atom stereocenters.